The molecule has 1 aliphatic heterocycles. The van der Waals surface area contributed by atoms with Crippen molar-refractivity contribution in [2.45, 2.75) is 12.8 Å². The van der Waals surface area contributed by atoms with Crippen molar-refractivity contribution >= 4 is 35.1 Å². The van der Waals surface area contributed by atoms with Gasteiger partial charge in [-0.2, -0.15) is 0 Å². The van der Waals surface area contributed by atoms with Gasteiger partial charge in [0.1, 0.15) is 10.8 Å². The summed E-state index contributed by atoms with van der Waals surface area (Å²) >= 11 is 11.9. The molecule has 0 aliphatic carbocycles. The molecule has 1 aromatic rings. The van der Waals surface area contributed by atoms with Crippen molar-refractivity contribution in [3.05, 3.63) is 21.9 Å². The molecule has 0 spiro atoms. The number of piperidine rings is 1. The highest BCUT2D eigenvalue weighted by molar-refractivity contribution is 6.41. The fraction of sp³-hybridized carbons (Fsp3) is 0.538. The molecule has 1 amide bonds. The van der Waals surface area contributed by atoms with Gasteiger partial charge in [0.15, 0.2) is 0 Å². The van der Waals surface area contributed by atoms with E-state index in [0.717, 1.165) is 12.8 Å². The topological polar surface area (TPSA) is 51.5 Å². The monoisotopic (exact) mass is 318 g/mol. The first-order valence-corrected chi connectivity index (χ1v) is 7.09. The molecule has 5 nitrogen and oxygen atoms in total. The van der Waals surface area contributed by atoms with Crippen LogP contribution in [0.4, 0.5) is 0 Å². The van der Waals surface area contributed by atoms with E-state index < -0.39 is 0 Å². The summed E-state index contributed by atoms with van der Waals surface area (Å²) in [4.78, 5) is 25.7. The Morgan fingerprint density at radius 1 is 1.40 bits per heavy atom. The molecule has 1 unspecified atom stereocenters. The van der Waals surface area contributed by atoms with E-state index in [1.54, 1.807) is 22.6 Å². The Kier molecular flexibility index (Phi) is 4.60. The fourth-order valence-electron chi connectivity index (χ4n) is 2.43. The second-order valence-corrected chi connectivity index (χ2v) is 5.61. The van der Waals surface area contributed by atoms with Crippen LogP contribution in [-0.2, 0) is 16.6 Å². The lowest BCUT2D eigenvalue weighted by molar-refractivity contribution is -0.146. The quantitative estimate of drug-likeness (QED) is 0.786. The van der Waals surface area contributed by atoms with Gasteiger partial charge in [-0.3, -0.25) is 9.59 Å². The number of hydrogen-bond donors (Lipinski definition) is 0. The van der Waals surface area contributed by atoms with Crippen LogP contribution in [0.3, 0.4) is 0 Å². The predicted octanol–water partition coefficient (Wildman–Crippen LogP) is 2.36. The first-order chi connectivity index (χ1) is 9.45. The lowest BCUT2D eigenvalue weighted by Gasteiger charge is -2.31. The number of likely N-dealkylation sites (tertiary alicyclic amines) is 1. The third-order valence-electron chi connectivity index (χ3n) is 3.58. The average molecular weight is 319 g/mol. The van der Waals surface area contributed by atoms with E-state index in [-0.39, 0.29) is 17.8 Å². The van der Waals surface area contributed by atoms with Gasteiger partial charge in [-0.25, -0.2) is 0 Å². The Balaban J connectivity index is 2.16. The van der Waals surface area contributed by atoms with Crippen molar-refractivity contribution in [3.63, 3.8) is 0 Å². The third kappa shape index (κ3) is 2.79. The average Bonchev–Trinajstić information content (AvgIpc) is 2.73. The number of carbonyl (C=O) groups is 2. The zero-order chi connectivity index (χ0) is 14.9. The molecule has 0 aromatic carbocycles. The Bertz CT molecular complexity index is 542. The molecule has 7 heteroatoms. The molecule has 1 atom stereocenters. The maximum atomic E-state index is 12.5. The van der Waals surface area contributed by atoms with Gasteiger partial charge in [0.2, 0.25) is 0 Å². The molecule has 1 aromatic heterocycles. The van der Waals surface area contributed by atoms with Crippen LogP contribution in [0, 0.1) is 5.92 Å². The standard InChI is InChI=1S/C13H16Cl2N2O3/c1-16-10(6-9(14)11(16)15)12(18)17-5-3-4-8(7-17)13(19)20-2/h6,8H,3-5,7H2,1-2H3. The van der Waals surface area contributed by atoms with E-state index in [1.807, 2.05) is 0 Å². The van der Waals surface area contributed by atoms with Gasteiger partial charge in [0, 0.05) is 20.1 Å². The number of aromatic nitrogens is 1. The van der Waals surface area contributed by atoms with Crippen molar-refractivity contribution < 1.29 is 14.3 Å². The number of rotatable bonds is 2. The largest absolute Gasteiger partial charge is 0.469 e. The first-order valence-electron chi connectivity index (χ1n) is 6.33. The van der Waals surface area contributed by atoms with E-state index >= 15 is 0 Å². The van der Waals surface area contributed by atoms with Gasteiger partial charge in [0.25, 0.3) is 5.91 Å². The number of methoxy groups -OCH3 is 1. The number of esters is 1. The molecule has 0 N–H and O–H groups in total. The molecule has 1 fully saturated rings. The van der Waals surface area contributed by atoms with Crippen molar-refractivity contribution in [3.8, 4) is 0 Å². The van der Waals surface area contributed by atoms with Crippen molar-refractivity contribution in [1.82, 2.24) is 9.47 Å². The number of hydrogen-bond acceptors (Lipinski definition) is 3. The molecule has 1 aliphatic rings. The van der Waals surface area contributed by atoms with Crippen LogP contribution in [0.1, 0.15) is 23.3 Å². The van der Waals surface area contributed by atoms with Gasteiger partial charge in [-0.15, -0.1) is 0 Å². The van der Waals surface area contributed by atoms with E-state index in [2.05, 4.69) is 0 Å². The number of carbonyl (C=O) groups excluding carboxylic acids is 2. The molecule has 0 saturated carbocycles. The lowest BCUT2D eigenvalue weighted by atomic mass is 9.98. The summed E-state index contributed by atoms with van der Waals surface area (Å²) in [7, 11) is 3.04. The lowest BCUT2D eigenvalue weighted by Crippen LogP contribution is -2.43. The Labute approximate surface area is 127 Å². The smallest absolute Gasteiger partial charge is 0.310 e. The van der Waals surface area contributed by atoms with Crippen LogP contribution in [0.25, 0.3) is 0 Å². The SMILES string of the molecule is COC(=O)C1CCCN(C(=O)c2cc(Cl)c(Cl)n2C)C1. The van der Waals surface area contributed by atoms with Crippen LogP contribution < -0.4 is 0 Å². The predicted molar refractivity (Wildman–Crippen MR) is 76.1 cm³/mol. The molecule has 1 saturated heterocycles. The highest BCUT2D eigenvalue weighted by Crippen LogP contribution is 2.27. The second-order valence-electron chi connectivity index (χ2n) is 4.84. The van der Waals surface area contributed by atoms with E-state index in [9.17, 15) is 9.59 Å². The second kappa shape index (κ2) is 6.06. The molecule has 20 heavy (non-hydrogen) atoms. The van der Waals surface area contributed by atoms with Crippen LogP contribution in [0.15, 0.2) is 6.07 Å². The summed E-state index contributed by atoms with van der Waals surface area (Å²) in [5.74, 6) is -0.704. The minimum absolute atomic E-state index is 0.171. The number of halogens is 2. The summed E-state index contributed by atoms with van der Waals surface area (Å²) in [6.45, 7) is 0.985. The summed E-state index contributed by atoms with van der Waals surface area (Å²) < 4.78 is 6.30. The highest BCUT2D eigenvalue weighted by Gasteiger charge is 2.30. The summed E-state index contributed by atoms with van der Waals surface area (Å²) in [5.41, 5.74) is 0.422. The Morgan fingerprint density at radius 3 is 2.65 bits per heavy atom. The van der Waals surface area contributed by atoms with E-state index in [4.69, 9.17) is 27.9 Å². The fourth-order valence-corrected chi connectivity index (χ4v) is 2.81. The molecule has 2 heterocycles. The Hall–Kier alpha value is -1.20. The minimum Gasteiger partial charge on any atom is -0.469 e. The normalized spacial score (nSPS) is 19.0. The van der Waals surface area contributed by atoms with Crippen LogP contribution in [0.2, 0.25) is 10.2 Å². The van der Waals surface area contributed by atoms with Crippen LogP contribution >= 0.6 is 23.2 Å². The van der Waals surface area contributed by atoms with Gasteiger partial charge in [0.05, 0.1) is 18.1 Å². The minimum atomic E-state index is -0.273. The van der Waals surface area contributed by atoms with Crippen LogP contribution in [0.5, 0.6) is 0 Å². The summed E-state index contributed by atoms with van der Waals surface area (Å²) in [6, 6.07) is 1.55. The zero-order valence-corrected chi connectivity index (χ0v) is 12.9. The molecule has 110 valence electrons. The maximum Gasteiger partial charge on any atom is 0.310 e. The highest BCUT2D eigenvalue weighted by atomic mass is 35.5. The third-order valence-corrected chi connectivity index (χ3v) is 4.42. The van der Waals surface area contributed by atoms with Crippen LogP contribution in [-0.4, -0.2) is 41.5 Å². The van der Waals surface area contributed by atoms with Gasteiger partial charge >= 0.3 is 5.97 Å². The van der Waals surface area contributed by atoms with Gasteiger partial charge < -0.3 is 14.2 Å². The molecule has 0 radical (unpaired) electrons. The molecular weight excluding hydrogens is 303 g/mol. The number of nitrogens with zero attached hydrogens (tertiary/aromatic N) is 2. The molecular formula is C13H16Cl2N2O3. The van der Waals surface area contributed by atoms with E-state index in [0.29, 0.717) is 29.0 Å². The van der Waals surface area contributed by atoms with Crippen molar-refractivity contribution in [2.75, 3.05) is 20.2 Å². The van der Waals surface area contributed by atoms with Crippen molar-refractivity contribution in [2.24, 2.45) is 13.0 Å². The maximum absolute atomic E-state index is 12.5. The molecule has 0 bridgehead atoms. The van der Waals surface area contributed by atoms with Crippen molar-refractivity contribution in [1.29, 1.82) is 0 Å². The Morgan fingerprint density at radius 2 is 2.10 bits per heavy atom. The number of ether oxygens (including phenoxy) is 1. The van der Waals surface area contributed by atoms with E-state index in [1.165, 1.54) is 7.11 Å². The number of amides is 1. The zero-order valence-electron chi connectivity index (χ0n) is 11.4. The van der Waals surface area contributed by atoms with Gasteiger partial charge in [-0.1, -0.05) is 23.2 Å². The first kappa shape index (κ1) is 15.2. The summed E-state index contributed by atoms with van der Waals surface area (Å²) in [6.07, 6.45) is 1.52. The van der Waals surface area contributed by atoms with Gasteiger partial charge in [-0.05, 0) is 18.9 Å². The molecule has 2 rings (SSSR count). The summed E-state index contributed by atoms with van der Waals surface area (Å²) in [5, 5.41) is 0.676.